The molecule has 22 heavy (non-hydrogen) atoms. The summed E-state index contributed by atoms with van der Waals surface area (Å²) < 4.78 is 25.0. The number of carbonyl (C=O) groups excluding carboxylic acids is 1. The van der Waals surface area contributed by atoms with E-state index in [2.05, 4.69) is 4.72 Å². The van der Waals surface area contributed by atoms with Gasteiger partial charge < -0.3 is 10.0 Å². The van der Waals surface area contributed by atoms with Gasteiger partial charge in [0.05, 0.1) is 11.9 Å². The van der Waals surface area contributed by atoms with Gasteiger partial charge in [-0.2, -0.15) is 0 Å². The lowest BCUT2D eigenvalue weighted by atomic mass is 10.0. The molecule has 0 aliphatic heterocycles. The van der Waals surface area contributed by atoms with Crippen LogP contribution in [0.5, 0.6) is 0 Å². The third-order valence-electron chi connectivity index (χ3n) is 3.45. The number of amides is 1. The van der Waals surface area contributed by atoms with Crippen LogP contribution in [0.15, 0.2) is 18.2 Å². The Balaban J connectivity index is 3.20. The summed E-state index contributed by atoms with van der Waals surface area (Å²) in [6.07, 6.45) is 1.01. The first-order valence-electron chi connectivity index (χ1n) is 6.46. The Labute approximate surface area is 130 Å². The highest BCUT2D eigenvalue weighted by molar-refractivity contribution is 7.92. The Morgan fingerprint density at radius 2 is 1.82 bits per heavy atom. The van der Waals surface area contributed by atoms with Crippen LogP contribution < -0.4 is 4.72 Å². The van der Waals surface area contributed by atoms with Gasteiger partial charge in [0.25, 0.3) is 5.91 Å². The predicted molar refractivity (Wildman–Crippen MR) is 83.5 cm³/mol. The highest BCUT2D eigenvalue weighted by Gasteiger charge is 2.35. The predicted octanol–water partition coefficient (Wildman–Crippen LogP) is 1.30. The van der Waals surface area contributed by atoms with Crippen LogP contribution in [0.3, 0.4) is 0 Å². The van der Waals surface area contributed by atoms with Crippen molar-refractivity contribution >= 4 is 27.6 Å². The average Bonchev–Trinajstić information content (AvgIpc) is 2.37. The van der Waals surface area contributed by atoms with Crippen LogP contribution in [0.2, 0.25) is 0 Å². The number of aliphatic carboxylic acids is 1. The number of likely N-dealkylation sites (N-methyl/N-ethyl adjacent to an activating group) is 1. The van der Waals surface area contributed by atoms with Gasteiger partial charge in [0.15, 0.2) is 0 Å². The van der Waals surface area contributed by atoms with Gasteiger partial charge in [-0.15, -0.1) is 0 Å². The third kappa shape index (κ3) is 3.97. The minimum absolute atomic E-state index is 0.202. The van der Waals surface area contributed by atoms with E-state index in [1.807, 2.05) is 0 Å². The first-order valence-corrected chi connectivity index (χ1v) is 8.35. The summed E-state index contributed by atoms with van der Waals surface area (Å²) in [6.45, 7) is 4.53. The van der Waals surface area contributed by atoms with Crippen LogP contribution in [0.25, 0.3) is 0 Å². The molecule has 0 radical (unpaired) electrons. The second-order valence-electron chi connectivity index (χ2n) is 5.63. The molecule has 2 N–H and O–H groups in total. The highest BCUT2D eigenvalue weighted by atomic mass is 32.2. The van der Waals surface area contributed by atoms with Crippen molar-refractivity contribution in [3.63, 3.8) is 0 Å². The van der Waals surface area contributed by atoms with E-state index >= 15 is 0 Å². The molecular weight excluding hydrogens is 308 g/mol. The summed E-state index contributed by atoms with van der Waals surface area (Å²) in [4.78, 5) is 24.7. The third-order valence-corrected chi connectivity index (χ3v) is 4.04. The van der Waals surface area contributed by atoms with Gasteiger partial charge in [-0.25, -0.2) is 13.2 Å². The molecule has 0 atom stereocenters. The fourth-order valence-corrected chi connectivity index (χ4v) is 2.28. The minimum Gasteiger partial charge on any atom is -0.480 e. The molecule has 1 aromatic rings. The van der Waals surface area contributed by atoms with E-state index < -0.39 is 27.4 Å². The van der Waals surface area contributed by atoms with Crippen LogP contribution >= 0.6 is 0 Å². The Kier molecular flexibility index (Phi) is 4.86. The smallest absolute Gasteiger partial charge is 0.329 e. The lowest BCUT2D eigenvalue weighted by Crippen LogP contribution is -2.50. The van der Waals surface area contributed by atoms with Crippen molar-refractivity contribution in [2.75, 3.05) is 18.0 Å². The van der Waals surface area contributed by atoms with Gasteiger partial charge in [0.2, 0.25) is 10.0 Å². The number of carbonyl (C=O) groups is 2. The van der Waals surface area contributed by atoms with Crippen LogP contribution in [-0.2, 0) is 14.8 Å². The number of nitrogens with zero attached hydrogens (tertiary/aromatic N) is 1. The zero-order valence-corrected chi connectivity index (χ0v) is 14.0. The van der Waals surface area contributed by atoms with E-state index in [0.717, 1.165) is 11.2 Å². The molecule has 1 aromatic carbocycles. The maximum atomic E-state index is 12.4. The fraction of sp³-hybridized carbons (Fsp3) is 0.429. The number of hydrogen-bond acceptors (Lipinski definition) is 4. The number of benzene rings is 1. The van der Waals surface area contributed by atoms with Gasteiger partial charge in [-0.3, -0.25) is 9.52 Å². The van der Waals surface area contributed by atoms with Crippen molar-refractivity contribution < 1.29 is 23.1 Å². The van der Waals surface area contributed by atoms with Crippen LogP contribution in [0.1, 0.15) is 29.8 Å². The summed E-state index contributed by atoms with van der Waals surface area (Å²) in [5.74, 6) is -1.64. The van der Waals surface area contributed by atoms with Crippen LogP contribution in [0.4, 0.5) is 5.69 Å². The molecule has 1 amide bonds. The van der Waals surface area contributed by atoms with Crippen molar-refractivity contribution in [1.29, 1.82) is 0 Å². The Morgan fingerprint density at radius 3 is 2.27 bits per heavy atom. The van der Waals surface area contributed by atoms with E-state index in [-0.39, 0.29) is 11.3 Å². The van der Waals surface area contributed by atoms with E-state index in [9.17, 15) is 23.1 Å². The fourth-order valence-electron chi connectivity index (χ4n) is 1.66. The molecule has 0 bridgehead atoms. The first kappa shape index (κ1) is 18.0. The topological polar surface area (TPSA) is 104 Å². The maximum Gasteiger partial charge on any atom is 0.329 e. The summed E-state index contributed by atoms with van der Waals surface area (Å²) in [5.41, 5.74) is -0.238. The number of carboxylic acid groups (broad SMARTS) is 1. The number of nitrogens with one attached hydrogen (secondary N) is 1. The van der Waals surface area contributed by atoms with E-state index in [0.29, 0.717) is 5.56 Å². The molecule has 0 aromatic heterocycles. The Bertz CT molecular complexity index is 710. The average molecular weight is 328 g/mol. The van der Waals surface area contributed by atoms with Crippen molar-refractivity contribution in [3.05, 3.63) is 29.3 Å². The van der Waals surface area contributed by atoms with Crippen molar-refractivity contribution in [1.82, 2.24) is 4.90 Å². The van der Waals surface area contributed by atoms with Gasteiger partial charge in [0, 0.05) is 12.6 Å². The van der Waals surface area contributed by atoms with Gasteiger partial charge >= 0.3 is 5.97 Å². The standard InChI is InChI=1S/C14H20N2O5S/c1-9-6-7-10(8-11(9)15-22(5,20)21)12(17)16(4)14(2,3)13(18)19/h6-8,15H,1-5H3,(H,18,19). The molecule has 0 fully saturated rings. The molecular formula is C14H20N2O5S. The molecule has 122 valence electrons. The monoisotopic (exact) mass is 328 g/mol. The van der Waals surface area contributed by atoms with Crippen LogP contribution in [-0.4, -0.2) is 49.1 Å². The number of sulfonamides is 1. The van der Waals surface area contributed by atoms with Crippen molar-refractivity contribution in [2.45, 2.75) is 26.3 Å². The second kappa shape index (κ2) is 5.96. The molecule has 0 saturated heterocycles. The summed E-state index contributed by atoms with van der Waals surface area (Å²) >= 11 is 0. The Morgan fingerprint density at radius 1 is 1.27 bits per heavy atom. The molecule has 0 aliphatic carbocycles. The van der Waals surface area contributed by atoms with Crippen molar-refractivity contribution in [3.8, 4) is 0 Å². The lowest BCUT2D eigenvalue weighted by Gasteiger charge is -2.31. The van der Waals surface area contributed by atoms with Gasteiger partial charge in [0.1, 0.15) is 5.54 Å². The molecule has 1 rings (SSSR count). The zero-order valence-electron chi connectivity index (χ0n) is 13.2. The molecule has 8 heteroatoms. The molecule has 0 heterocycles. The summed E-state index contributed by atoms with van der Waals surface area (Å²) in [6, 6.07) is 4.52. The molecule has 0 unspecified atom stereocenters. The number of aryl methyl sites for hydroxylation is 1. The molecule has 0 spiro atoms. The minimum atomic E-state index is -3.47. The second-order valence-corrected chi connectivity index (χ2v) is 7.38. The number of hydrogen-bond donors (Lipinski definition) is 2. The SMILES string of the molecule is Cc1ccc(C(=O)N(C)C(C)(C)C(=O)O)cc1NS(C)(=O)=O. The lowest BCUT2D eigenvalue weighted by molar-refractivity contribution is -0.147. The van der Waals surface area contributed by atoms with E-state index in [1.54, 1.807) is 13.0 Å². The number of rotatable bonds is 5. The molecule has 7 nitrogen and oxygen atoms in total. The largest absolute Gasteiger partial charge is 0.480 e. The number of carboxylic acids is 1. The molecule has 0 saturated carbocycles. The van der Waals surface area contributed by atoms with Gasteiger partial charge in [-0.05, 0) is 38.5 Å². The first-order chi connectivity index (χ1) is 9.86. The Hall–Kier alpha value is -2.09. The van der Waals surface area contributed by atoms with E-state index in [1.165, 1.54) is 33.0 Å². The number of anilines is 1. The van der Waals surface area contributed by atoms with E-state index in [4.69, 9.17) is 0 Å². The quantitative estimate of drug-likeness (QED) is 0.848. The summed E-state index contributed by atoms with van der Waals surface area (Å²) in [7, 11) is -2.08. The van der Waals surface area contributed by atoms with Gasteiger partial charge in [-0.1, -0.05) is 6.07 Å². The zero-order chi connectivity index (χ0) is 17.3. The highest BCUT2D eigenvalue weighted by Crippen LogP contribution is 2.21. The normalized spacial score (nSPS) is 11.9. The maximum absolute atomic E-state index is 12.4. The summed E-state index contributed by atoms with van der Waals surface area (Å²) in [5, 5.41) is 9.17. The molecule has 0 aliphatic rings. The van der Waals surface area contributed by atoms with Crippen LogP contribution in [0, 0.1) is 6.92 Å². The van der Waals surface area contributed by atoms with Crippen molar-refractivity contribution in [2.24, 2.45) is 0 Å².